The lowest BCUT2D eigenvalue weighted by atomic mass is 10.0. The number of aromatic nitrogens is 2. The number of likely N-dealkylation sites (N-methyl/N-ethyl adjacent to an activating group) is 1. The van der Waals surface area contributed by atoms with E-state index in [1.165, 1.54) is 36.2 Å². The highest BCUT2D eigenvalue weighted by Crippen LogP contribution is 2.28. The maximum atomic E-state index is 13.7. The first-order valence-electron chi connectivity index (χ1n) is 10.6. The number of carbonyl (C=O) groups is 2. The molecule has 6 nitrogen and oxygen atoms in total. The van der Waals surface area contributed by atoms with Gasteiger partial charge < -0.3 is 10.6 Å². The summed E-state index contributed by atoms with van der Waals surface area (Å²) in [6.07, 6.45) is 4.92. The molecule has 0 saturated carbocycles. The monoisotopic (exact) mass is 474 g/mol. The quantitative estimate of drug-likeness (QED) is 0.382. The van der Waals surface area contributed by atoms with Crippen LogP contribution in [0.1, 0.15) is 22.7 Å². The van der Waals surface area contributed by atoms with E-state index in [1.807, 2.05) is 58.7 Å². The van der Waals surface area contributed by atoms with E-state index >= 15 is 0 Å². The van der Waals surface area contributed by atoms with Crippen molar-refractivity contribution < 1.29 is 14.0 Å². The summed E-state index contributed by atoms with van der Waals surface area (Å²) in [6, 6.07) is 18.3. The lowest BCUT2D eigenvalue weighted by Crippen LogP contribution is -2.38. The second-order valence-corrected chi connectivity index (χ2v) is 8.68. The minimum atomic E-state index is -1.09. The molecule has 2 aromatic carbocycles. The zero-order valence-corrected chi connectivity index (χ0v) is 19.3. The number of amides is 2. The molecule has 2 heterocycles. The molecule has 0 bridgehead atoms. The number of hydrogen-bond acceptors (Lipinski definition) is 4. The van der Waals surface area contributed by atoms with Crippen LogP contribution in [-0.2, 0) is 16.1 Å². The van der Waals surface area contributed by atoms with Gasteiger partial charge in [0, 0.05) is 24.9 Å². The van der Waals surface area contributed by atoms with Gasteiger partial charge in [0.15, 0.2) is 0 Å². The third-order valence-corrected chi connectivity index (χ3v) is 6.18. The van der Waals surface area contributed by atoms with Crippen LogP contribution in [0.4, 0.5) is 4.39 Å². The van der Waals surface area contributed by atoms with Crippen LogP contribution in [0.5, 0.6) is 0 Å². The standard InChI is InChI=1S/C26H23FN4O2S/c1-30(25(26(28)33)19-9-5-10-21(27)15-19)23(32)13-12-20-17-31(16-18-7-3-2-4-8-18)29-24(20)22-11-6-14-34-22/h2-15,17,25H,16H2,1H3,(H2,28,33)/b13-12+. The molecule has 0 aliphatic carbocycles. The topological polar surface area (TPSA) is 81.2 Å². The van der Waals surface area contributed by atoms with Gasteiger partial charge in [-0.15, -0.1) is 11.3 Å². The van der Waals surface area contributed by atoms with Crippen LogP contribution < -0.4 is 5.73 Å². The van der Waals surface area contributed by atoms with Crippen molar-refractivity contribution in [1.82, 2.24) is 14.7 Å². The van der Waals surface area contributed by atoms with E-state index in [0.29, 0.717) is 12.1 Å². The summed E-state index contributed by atoms with van der Waals surface area (Å²) in [5.41, 5.74) is 8.48. The Balaban J connectivity index is 1.60. The van der Waals surface area contributed by atoms with E-state index in [0.717, 1.165) is 21.7 Å². The van der Waals surface area contributed by atoms with Gasteiger partial charge in [-0.25, -0.2) is 4.39 Å². The van der Waals surface area contributed by atoms with Crippen LogP contribution >= 0.6 is 11.3 Å². The van der Waals surface area contributed by atoms with Crippen LogP contribution in [0.3, 0.4) is 0 Å². The lowest BCUT2D eigenvalue weighted by Gasteiger charge is -2.25. The Morgan fingerprint density at radius 1 is 1.15 bits per heavy atom. The Bertz CT molecular complexity index is 1320. The molecular formula is C26H23FN4O2S. The van der Waals surface area contributed by atoms with Crippen molar-refractivity contribution in [2.45, 2.75) is 12.6 Å². The molecule has 2 aromatic heterocycles. The summed E-state index contributed by atoms with van der Waals surface area (Å²) >= 11 is 1.56. The zero-order valence-electron chi connectivity index (χ0n) is 18.5. The normalized spacial score (nSPS) is 12.1. The molecule has 0 spiro atoms. The number of rotatable bonds is 8. The average Bonchev–Trinajstić information content (AvgIpc) is 3.48. The molecule has 0 aliphatic heterocycles. The third-order valence-electron chi connectivity index (χ3n) is 5.31. The number of benzene rings is 2. The SMILES string of the molecule is CN(C(=O)/C=C/c1cn(Cc2ccccc2)nc1-c1cccs1)C(C(N)=O)c1cccc(F)c1. The minimum Gasteiger partial charge on any atom is -0.368 e. The van der Waals surface area contributed by atoms with Crippen molar-refractivity contribution in [3.8, 4) is 10.6 Å². The largest absolute Gasteiger partial charge is 0.368 e. The number of thiophene rings is 1. The maximum absolute atomic E-state index is 13.7. The number of primary amides is 1. The van der Waals surface area contributed by atoms with Gasteiger partial charge >= 0.3 is 0 Å². The summed E-state index contributed by atoms with van der Waals surface area (Å²) < 4.78 is 15.5. The Labute approximate surface area is 200 Å². The van der Waals surface area contributed by atoms with Gasteiger partial charge in [0.25, 0.3) is 0 Å². The molecule has 2 amide bonds. The molecule has 2 N–H and O–H groups in total. The van der Waals surface area contributed by atoms with Crippen LogP contribution in [-0.4, -0.2) is 33.5 Å². The summed E-state index contributed by atoms with van der Waals surface area (Å²) in [7, 11) is 1.46. The molecule has 0 fully saturated rings. The van der Waals surface area contributed by atoms with Crippen molar-refractivity contribution in [3.05, 3.63) is 107 Å². The first-order valence-corrected chi connectivity index (χ1v) is 11.5. The van der Waals surface area contributed by atoms with E-state index in [9.17, 15) is 14.0 Å². The van der Waals surface area contributed by atoms with Gasteiger partial charge in [0.05, 0.1) is 11.4 Å². The highest BCUT2D eigenvalue weighted by Gasteiger charge is 2.26. The molecule has 0 radical (unpaired) electrons. The molecule has 172 valence electrons. The fourth-order valence-electron chi connectivity index (χ4n) is 3.68. The van der Waals surface area contributed by atoms with Crippen LogP contribution in [0.2, 0.25) is 0 Å². The summed E-state index contributed by atoms with van der Waals surface area (Å²) in [5, 5.41) is 6.69. The van der Waals surface area contributed by atoms with Crippen LogP contribution in [0.15, 0.2) is 84.4 Å². The summed E-state index contributed by atoms with van der Waals surface area (Å²) in [4.78, 5) is 27.2. The number of nitrogens with zero attached hydrogens (tertiary/aromatic N) is 3. The molecule has 0 saturated heterocycles. The Kier molecular flexibility index (Phi) is 6.98. The van der Waals surface area contributed by atoms with Gasteiger partial charge in [0.2, 0.25) is 11.8 Å². The Hall–Kier alpha value is -4.04. The first-order chi connectivity index (χ1) is 16.4. The Morgan fingerprint density at radius 2 is 1.94 bits per heavy atom. The Morgan fingerprint density at radius 3 is 2.62 bits per heavy atom. The van der Waals surface area contributed by atoms with E-state index in [-0.39, 0.29) is 0 Å². The minimum absolute atomic E-state index is 0.312. The van der Waals surface area contributed by atoms with Crippen molar-refractivity contribution in [2.75, 3.05) is 7.05 Å². The molecular weight excluding hydrogens is 451 g/mol. The molecule has 4 aromatic rings. The maximum Gasteiger partial charge on any atom is 0.247 e. The molecule has 1 atom stereocenters. The van der Waals surface area contributed by atoms with E-state index in [4.69, 9.17) is 10.8 Å². The number of nitrogens with two attached hydrogens (primary N) is 1. The fourth-order valence-corrected chi connectivity index (χ4v) is 4.41. The summed E-state index contributed by atoms with van der Waals surface area (Å²) in [5.74, 6) is -1.70. The lowest BCUT2D eigenvalue weighted by molar-refractivity contribution is -0.134. The average molecular weight is 475 g/mol. The van der Waals surface area contributed by atoms with Gasteiger partial charge in [0.1, 0.15) is 17.6 Å². The van der Waals surface area contributed by atoms with Gasteiger partial charge in [-0.2, -0.15) is 5.10 Å². The van der Waals surface area contributed by atoms with E-state index < -0.39 is 23.7 Å². The van der Waals surface area contributed by atoms with E-state index in [1.54, 1.807) is 23.5 Å². The van der Waals surface area contributed by atoms with Crippen molar-refractivity contribution in [1.29, 1.82) is 0 Å². The number of carbonyl (C=O) groups excluding carboxylic acids is 2. The highest BCUT2D eigenvalue weighted by molar-refractivity contribution is 7.13. The molecule has 0 aliphatic rings. The highest BCUT2D eigenvalue weighted by atomic mass is 32.1. The molecule has 34 heavy (non-hydrogen) atoms. The van der Waals surface area contributed by atoms with Crippen LogP contribution in [0, 0.1) is 5.82 Å². The smallest absolute Gasteiger partial charge is 0.247 e. The van der Waals surface area contributed by atoms with Crippen molar-refractivity contribution in [2.24, 2.45) is 5.73 Å². The predicted octanol–water partition coefficient (Wildman–Crippen LogP) is 4.50. The molecule has 1 unspecified atom stereocenters. The van der Waals surface area contributed by atoms with Gasteiger partial charge in [-0.3, -0.25) is 14.3 Å². The first kappa shape index (κ1) is 23.1. The van der Waals surface area contributed by atoms with Crippen LogP contribution in [0.25, 0.3) is 16.6 Å². The van der Waals surface area contributed by atoms with Gasteiger partial charge in [-0.1, -0.05) is 48.5 Å². The zero-order chi connectivity index (χ0) is 24.1. The van der Waals surface area contributed by atoms with Crippen molar-refractivity contribution in [3.63, 3.8) is 0 Å². The fraction of sp³-hybridized carbons (Fsp3) is 0.115. The summed E-state index contributed by atoms with van der Waals surface area (Å²) in [6.45, 7) is 0.588. The second-order valence-electron chi connectivity index (χ2n) is 7.74. The number of halogens is 1. The van der Waals surface area contributed by atoms with E-state index in [2.05, 4.69) is 0 Å². The number of hydrogen-bond donors (Lipinski definition) is 1. The predicted molar refractivity (Wildman–Crippen MR) is 131 cm³/mol. The third kappa shape index (κ3) is 5.29. The molecule has 4 rings (SSSR count). The van der Waals surface area contributed by atoms with Gasteiger partial charge in [-0.05, 0) is 40.8 Å². The molecule has 8 heteroatoms. The van der Waals surface area contributed by atoms with Crippen molar-refractivity contribution >= 4 is 29.2 Å². The second kappa shape index (κ2) is 10.3.